The third-order valence-corrected chi connectivity index (χ3v) is 2.63. The summed E-state index contributed by atoms with van der Waals surface area (Å²) in [6.45, 7) is 2.07. The predicted molar refractivity (Wildman–Crippen MR) is 46.5 cm³/mol. The van der Waals surface area contributed by atoms with Crippen LogP contribution in [0.2, 0.25) is 0 Å². The van der Waals surface area contributed by atoms with Gasteiger partial charge >= 0.3 is 0 Å². The van der Waals surface area contributed by atoms with Crippen LogP contribution >= 0.6 is 0 Å². The lowest BCUT2D eigenvalue weighted by atomic mass is 10.0. The second kappa shape index (κ2) is 2.41. The largest absolute Gasteiger partial charge is 0.508 e. The molecule has 64 valence electrons. The molecule has 2 heteroatoms. The lowest BCUT2D eigenvalue weighted by Crippen LogP contribution is -1.87. The average molecular weight is 164 g/mol. The summed E-state index contributed by atoms with van der Waals surface area (Å²) in [7, 11) is 0. The Hall–Kier alpha value is -1.18. The average Bonchev–Trinajstić information content (AvgIpc) is 2.42. The van der Waals surface area contributed by atoms with Crippen LogP contribution in [0.1, 0.15) is 30.4 Å². The SMILES string of the molecule is CC1CCc2c(O)ccc(O)c21. The fourth-order valence-electron chi connectivity index (χ4n) is 1.96. The molecule has 0 saturated heterocycles. The maximum Gasteiger partial charge on any atom is 0.119 e. The molecular formula is C10H12O2. The number of hydrogen-bond donors (Lipinski definition) is 2. The minimum absolute atomic E-state index is 0.326. The van der Waals surface area contributed by atoms with Crippen molar-refractivity contribution < 1.29 is 10.2 Å². The van der Waals surface area contributed by atoms with E-state index in [0.717, 1.165) is 24.0 Å². The van der Waals surface area contributed by atoms with Gasteiger partial charge in [-0.05, 0) is 30.9 Å². The maximum atomic E-state index is 9.52. The van der Waals surface area contributed by atoms with E-state index in [2.05, 4.69) is 6.92 Å². The highest BCUT2D eigenvalue weighted by Crippen LogP contribution is 2.42. The van der Waals surface area contributed by atoms with Gasteiger partial charge in [0, 0.05) is 11.1 Å². The Balaban J connectivity index is 2.64. The molecule has 1 atom stereocenters. The first kappa shape index (κ1) is 7.47. The fraction of sp³-hybridized carbons (Fsp3) is 0.400. The van der Waals surface area contributed by atoms with E-state index >= 15 is 0 Å². The first-order valence-electron chi connectivity index (χ1n) is 4.24. The van der Waals surface area contributed by atoms with Crippen molar-refractivity contribution in [2.24, 2.45) is 0 Å². The minimum atomic E-state index is 0.326. The molecule has 0 bridgehead atoms. The van der Waals surface area contributed by atoms with Gasteiger partial charge in [0.15, 0.2) is 0 Å². The molecule has 12 heavy (non-hydrogen) atoms. The van der Waals surface area contributed by atoms with Gasteiger partial charge in [-0.1, -0.05) is 6.92 Å². The standard InChI is InChI=1S/C10H12O2/c1-6-2-3-7-8(11)4-5-9(12)10(6)7/h4-6,11-12H,2-3H2,1H3. The van der Waals surface area contributed by atoms with Gasteiger partial charge in [0.1, 0.15) is 11.5 Å². The van der Waals surface area contributed by atoms with Crippen molar-refractivity contribution >= 4 is 0 Å². The molecule has 1 aromatic rings. The van der Waals surface area contributed by atoms with Crippen molar-refractivity contribution in [2.45, 2.75) is 25.7 Å². The summed E-state index contributed by atoms with van der Waals surface area (Å²) in [6, 6.07) is 3.13. The van der Waals surface area contributed by atoms with Crippen LogP contribution in [0.3, 0.4) is 0 Å². The van der Waals surface area contributed by atoms with Crippen molar-refractivity contribution in [2.75, 3.05) is 0 Å². The molecule has 0 amide bonds. The van der Waals surface area contributed by atoms with Gasteiger partial charge in [-0.15, -0.1) is 0 Å². The molecule has 0 heterocycles. The van der Waals surface area contributed by atoms with E-state index in [1.807, 2.05) is 0 Å². The summed E-state index contributed by atoms with van der Waals surface area (Å²) in [5.74, 6) is 1.03. The van der Waals surface area contributed by atoms with Gasteiger partial charge in [-0.3, -0.25) is 0 Å². The third-order valence-electron chi connectivity index (χ3n) is 2.63. The highest BCUT2D eigenvalue weighted by atomic mass is 16.3. The molecule has 0 radical (unpaired) electrons. The molecule has 1 aliphatic carbocycles. The van der Waals surface area contributed by atoms with E-state index in [1.165, 1.54) is 0 Å². The second-order valence-electron chi connectivity index (χ2n) is 3.44. The zero-order valence-corrected chi connectivity index (χ0v) is 7.04. The van der Waals surface area contributed by atoms with Crippen LogP contribution in [0, 0.1) is 0 Å². The van der Waals surface area contributed by atoms with Crippen LogP contribution in [0.5, 0.6) is 11.5 Å². The zero-order chi connectivity index (χ0) is 8.72. The second-order valence-corrected chi connectivity index (χ2v) is 3.44. The zero-order valence-electron chi connectivity index (χ0n) is 7.04. The highest BCUT2D eigenvalue weighted by Gasteiger charge is 2.24. The number of aromatic hydroxyl groups is 2. The number of benzene rings is 1. The van der Waals surface area contributed by atoms with Crippen LogP contribution in [-0.4, -0.2) is 10.2 Å². The Morgan fingerprint density at radius 1 is 1.25 bits per heavy atom. The van der Waals surface area contributed by atoms with Crippen LogP contribution in [-0.2, 0) is 6.42 Å². The van der Waals surface area contributed by atoms with E-state index < -0.39 is 0 Å². The molecule has 0 spiro atoms. The number of phenols is 2. The molecule has 0 saturated carbocycles. The summed E-state index contributed by atoms with van der Waals surface area (Å²) >= 11 is 0. The predicted octanol–water partition coefficient (Wildman–Crippen LogP) is 2.15. The van der Waals surface area contributed by atoms with Crippen molar-refractivity contribution in [3.63, 3.8) is 0 Å². The summed E-state index contributed by atoms with van der Waals surface area (Å²) in [5.41, 5.74) is 1.87. The quantitative estimate of drug-likeness (QED) is 0.577. The van der Waals surface area contributed by atoms with Gasteiger partial charge in [0.05, 0.1) is 0 Å². The maximum absolute atomic E-state index is 9.52. The first-order valence-corrected chi connectivity index (χ1v) is 4.24. The van der Waals surface area contributed by atoms with Crippen molar-refractivity contribution in [3.05, 3.63) is 23.3 Å². The normalized spacial score (nSPS) is 20.9. The third kappa shape index (κ3) is 0.876. The topological polar surface area (TPSA) is 40.5 Å². The molecule has 1 aromatic carbocycles. The van der Waals surface area contributed by atoms with Gasteiger partial charge < -0.3 is 10.2 Å². The van der Waals surface area contributed by atoms with Crippen LogP contribution < -0.4 is 0 Å². The van der Waals surface area contributed by atoms with E-state index in [0.29, 0.717) is 17.4 Å². The van der Waals surface area contributed by atoms with E-state index in [1.54, 1.807) is 12.1 Å². The van der Waals surface area contributed by atoms with Gasteiger partial charge in [0.25, 0.3) is 0 Å². The first-order chi connectivity index (χ1) is 5.70. The Morgan fingerprint density at radius 3 is 2.58 bits per heavy atom. The smallest absolute Gasteiger partial charge is 0.119 e. The summed E-state index contributed by atoms with van der Waals surface area (Å²) in [5, 5.41) is 19.0. The molecule has 0 fully saturated rings. The van der Waals surface area contributed by atoms with Crippen LogP contribution in [0.25, 0.3) is 0 Å². The molecule has 1 aliphatic rings. The summed E-state index contributed by atoms with van der Waals surface area (Å²) in [6.07, 6.45) is 1.91. The minimum Gasteiger partial charge on any atom is -0.508 e. The lowest BCUT2D eigenvalue weighted by Gasteiger charge is -2.07. The Bertz CT molecular complexity index is 318. The molecule has 2 N–H and O–H groups in total. The van der Waals surface area contributed by atoms with Gasteiger partial charge in [-0.25, -0.2) is 0 Å². The van der Waals surface area contributed by atoms with Crippen molar-refractivity contribution in [1.29, 1.82) is 0 Å². The Morgan fingerprint density at radius 2 is 1.92 bits per heavy atom. The van der Waals surface area contributed by atoms with Crippen molar-refractivity contribution in [1.82, 2.24) is 0 Å². The van der Waals surface area contributed by atoms with Crippen LogP contribution in [0.4, 0.5) is 0 Å². The monoisotopic (exact) mass is 164 g/mol. The van der Waals surface area contributed by atoms with E-state index in [4.69, 9.17) is 0 Å². The van der Waals surface area contributed by atoms with Crippen molar-refractivity contribution in [3.8, 4) is 11.5 Å². The number of phenolic OH excluding ortho intramolecular Hbond substituents is 2. The van der Waals surface area contributed by atoms with E-state index in [9.17, 15) is 10.2 Å². The highest BCUT2D eigenvalue weighted by molar-refractivity contribution is 5.51. The summed E-state index contributed by atoms with van der Waals surface area (Å²) in [4.78, 5) is 0. The molecular weight excluding hydrogens is 152 g/mol. The molecule has 1 unspecified atom stereocenters. The molecule has 0 aromatic heterocycles. The van der Waals surface area contributed by atoms with Crippen LogP contribution in [0.15, 0.2) is 12.1 Å². The molecule has 2 rings (SSSR count). The number of rotatable bonds is 0. The van der Waals surface area contributed by atoms with Gasteiger partial charge in [-0.2, -0.15) is 0 Å². The van der Waals surface area contributed by atoms with Gasteiger partial charge in [0.2, 0.25) is 0 Å². The van der Waals surface area contributed by atoms with E-state index in [-0.39, 0.29) is 0 Å². The molecule has 2 nitrogen and oxygen atoms in total. The number of fused-ring (bicyclic) bond motifs is 1. The Labute approximate surface area is 71.5 Å². The fourth-order valence-corrected chi connectivity index (χ4v) is 1.96. The number of hydrogen-bond acceptors (Lipinski definition) is 2. The Kier molecular flexibility index (Phi) is 1.50. The lowest BCUT2D eigenvalue weighted by molar-refractivity contribution is 0.451. The summed E-state index contributed by atoms with van der Waals surface area (Å²) < 4.78 is 0. The molecule has 0 aliphatic heterocycles.